The van der Waals surface area contributed by atoms with Gasteiger partial charge in [-0.05, 0) is 51.1 Å². The minimum atomic E-state index is -0.389. The third-order valence-corrected chi connectivity index (χ3v) is 3.25. The zero-order valence-electron chi connectivity index (χ0n) is 9.97. The number of nitrogens with one attached hydrogen (secondary N) is 2. The van der Waals surface area contributed by atoms with Gasteiger partial charge in [-0.25, -0.2) is 8.78 Å². The molecule has 0 radical (unpaired) electrons. The molecular weight excluding hydrogens is 222 g/mol. The summed E-state index contributed by atoms with van der Waals surface area (Å²) in [4.78, 5) is 0. The first kappa shape index (κ1) is 12.5. The predicted octanol–water partition coefficient (Wildman–Crippen LogP) is 2.37. The Kier molecular flexibility index (Phi) is 4.07. The summed E-state index contributed by atoms with van der Waals surface area (Å²) in [6.45, 7) is 3.84. The van der Waals surface area contributed by atoms with E-state index in [4.69, 9.17) is 0 Å². The molecule has 94 valence electrons. The van der Waals surface area contributed by atoms with Crippen molar-refractivity contribution in [2.24, 2.45) is 0 Å². The SMILES string of the molecule is CC(NC1CCNCC1)c1cc(F)ccc1F. The number of hydrogen-bond donors (Lipinski definition) is 2. The van der Waals surface area contributed by atoms with Crippen molar-refractivity contribution in [1.29, 1.82) is 0 Å². The van der Waals surface area contributed by atoms with Crippen LogP contribution in [-0.2, 0) is 0 Å². The Morgan fingerprint density at radius 3 is 2.71 bits per heavy atom. The molecule has 2 N–H and O–H groups in total. The third kappa shape index (κ3) is 3.23. The molecule has 0 amide bonds. The van der Waals surface area contributed by atoms with Crippen molar-refractivity contribution in [1.82, 2.24) is 10.6 Å². The van der Waals surface area contributed by atoms with Crippen LogP contribution in [0.2, 0.25) is 0 Å². The molecule has 17 heavy (non-hydrogen) atoms. The Morgan fingerprint density at radius 1 is 1.29 bits per heavy atom. The second-order valence-electron chi connectivity index (χ2n) is 4.58. The van der Waals surface area contributed by atoms with Gasteiger partial charge >= 0.3 is 0 Å². The maximum atomic E-state index is 13.6. The van der Waals surface area contributed by atoms with E-state index in [1.807, 2.05) is 6.92 Å². The van der Waals surface area contributed by atoms with E-state index in [9.17, 15) is 8.78 Å². The second kappa shape index (κ2) is 5.56. The normalized spacial score (nSPS) is 19.2. The van der Waals surface area contributed by atoms with E-state index in [1.54, 1.807) is 0 Å². The van der Waals surface area contributed by atoms with Crippen molar-refractivity contribution >= 4 is 0 Å². The number of halogens is 2. The van der Waals surface area contributed by atoms with Crippen molar-refractivity contribution in [3.8, 4) is 0 Å². The Morgan fingerprint density at radius 2 is 2.00 bits per heavy atom. The van der Waals surface area contributed by atoms with Crippen LogP contribution in [0.15, 0.2) is 18.2 Å². The van der Waals surface area contributed by atoms with Crippen LogP contribution >= 0.6 is 0 Å². The van der Waals surface area contributed by atoms with E-state index in [2.05, 4.69) is 10.6 Å². The first-order chi connectivity index (χ1) is 8.16. The van der Waals surface area contributed by atoms with Gasteiger partial charge in [0.1, 0.15) is 11.6 Å². The summed E-state index contributed by atoms with van der Waals surface area (Å²) >= 11 is 0. The van der Waals surface area contributed by atoms with Crippen molar-refractivity contribution in [3.63, 3.8) is 0 Å². The third-order valence-electron chi connectivity index (χ3n) is 3.25. The van der Waals surface area contributed by atoms with Crippen LogP contribution in [0.3, 0.4) is 0 Å². The highest BCUT2D eigenvalue weighted by molar-refractivity contribution is 5.22. The van der Waals surface area contributed by atoms with Crippen molar-refractivity contribution < 1.29 is 8.78 Å². The van der Waals surface area contributed by atoms with Gasteiger partial charge in [-0.1, -0.05) is 0 Å². The van der Waals surface area contributed by atoms with Gasteiger partial charge in [0.2, 0.25) is 0 Å². The highest BCUT2D eigenvalue weighted by Crippen LogP contribution is 2.19. The average Bonchev–Trinajstić information content (AvgIpc) is 2.33. The summed E-state index contributed by atoms with van der Waals surface area (Å²) in [6.07, 6.45) is 2.06. The first-order valence-electron chi connectivity index (χ1n) is 6.08. The fraction of sp³-hybridized carbons (Fsp3) is 0.538. The topological polar surface area (TPSA) is 24.1 Å². The molecule has 1 aliphatic rings. The standard InChI is InChI=1S/C13H18F2N2/c1-9(17-11-4-6-16-7-5-11)12-8-10(14)2-3-13(12)15/h2-3,8-9,11,16-17H,4-7H2,1H3. The lowest BCUT2D eigenvalue weighted by Crippen LogP contribution is -2.41. The summed E-state index contributed by atoms with van der Waals surface area (Å²) in [5.74, 6) is -0.735. The van der Waals surface area contributed by atoms with E-state index in [-0.39, 0.29) is 17.7 Å². The fourth-order valence-corrected chi connectivity index (χ4v) is 2.28. The summed E-state index contributed by atoms with van der Waals surface area (Å²) < 4.78 is 26.6. The number of hydrogen-bond acceptors (Lipinski definition) is 2. The smallest absolute Gasteiger partial charge is 0.128 e. The summed E-state index contributed by atoms with van der Waals surface area (Å²) in [5, 5.41) is 6.63. The van der Waals surface area contributed by atoms with Crippen LogP contribution in [0.4, 0.5) is 8.78 Å². The molecule has 0 aromatic heterocycles. The minimum absolute atomic E-state index is 0.159. The van der Waals surface area contributed by atoms with Crippen LogP contribution in [0, 0.1) is 11.6 Å². The monoisotopic (exact) mass is 240 g/mol. The highest BCUT2D eigenvalue weighted by atomic mass is 19.1. The Balaban J connectivity index is 2.02. The average molecular weight is 240 g/mol. The van der Waals surface area contributed by atoms with Crippen molar-refractivity contribution in [3.05, 3.63) is 35.4 Å². The highest BCUT2D eigenvalue weighted by Gasteiger charge is 2.18. The summed E-state index contributed by atoms with van der Waals surface area (Å²) in [6, 6.07) is 3.83. The van der Waals surface area contributed by atoms with Crippen molar-refractivity contribution in [2.75, 3.05) is 13.1 Å². The van der Waals surface area contributed by atoms with Gasteiger partial charge < -0.3 is 10.6 Å². The molecule has 1 atom stereocenters. The maximum Gasteiger partial charge on any atom is 0.128 e. The molecular formula is C13H18F2N2. The second-order valence-corrected chi connectivity index (χ2v) is 4.58. The Hall–Kier alpha value is -1.00. The van der Waals surface area contributed by atoms with Gasteiger partial charge in [0, 0.05) is 17.6 Å². The zero-order valence-corrected chi connectivity index (χ0v) is 9.97. The number of benzene rings is 1. The molecule has 0 aliphatic carbocycles. The molecule has 0 spiro atoms. The Bertz CT molecular complexity index is 376. The van der Waals surface area contributed by atoms with E-state index in [1.165, 1.54) is 12.1 Å². The molecule has 1 saturated heterocycles. The van der Waals surface area contributed by atoms with Gasteiger partial charge in [0.15, 0.2) is 0 Å². The van der Waals surface area contributed by atoms with Crippen LogP contribution in [-0.4, -0.2) is 19.1 Å². The fourth-order valence-electron chi connectivity index (χ4n) is 2.28. The van der Waals surface area contributed by atoms with Crippen LogP contribution in [0.1, 0.15) is 31.4 Å². The molecule has 1 unspecified atom stereocenters. The molecule has 1 fully saturated rings. The van der Waals surface area contributed by atoms with E-state index < -0.39 is 0 Å². The van der Waals surface area contributed by atoms with E-state index >= 15 is 0 Å². The van der Waals surface area contributed by atoms with Gasteiger partial charge in [0.05, 0.1) is 0 Å². The summed E-state index contributed by atoms with van der Waals surface area (Å²) in [5.41, 5.74) is 0.406. The predicted molar refractivity (Wildman–Crippen MR) is 63.8 cm³/mol. The van der Waals surface area contributed by atoms with E-state index in [0.29, 0.717) is 11.6 Å². The van der Waals surface area contributed by atoms with Crippen LogP contribution < -0.4 is 10.6 Å². The molecule has 1 heterocycles. The van der Waals surface area contributed by atoms with Gasteiger partial charge in [-0.2, -0.15) is 0 Å². The van der Waals surface area contributed by atoms with Crippen molar-refractivity contribution in [2.45, 2.75) is 31.8 Å². The van der Waals surface area contributed by atoms with Crippen LogP contribution in [0.25, 0.3) is 0 Å². The number of rotatable bonds is 3. The van der Waals surface area contributed by atoms with Gasteiger partial charge in [-0.15, -0.1) is 0 Å². The molecule has 2 nitrogen and oxygen atoms in total. The largest absolute Gasteiger partial charge is 0.317 e. The molecule has 0 saturated carbocycles. The summed E-state index contributed by atoms with van der Waals surface area (Å²) in [7, 11) is 0. The lowest BCUT2D eigenvalue weighted by Gasteiger charge is -2.27. The van der Waals surface area contributed by atoms with Crippen LogP contribution in [0.5, 0.6) is 0 Å². The molecule has 1 aromatic rings. The Labute approximate surface area is 100 Å². The maximum absolute atomic E-state index is 13.6. The lowest BCUT2D eigenvalue weighted by atomic mass is 10.0. The van der Waals surface area contributed by atoms with E-state index in [0.717, 1.165) is 32.0 Å². The minimum Gasteiger partial charge on any atom is -0.317 e. The molecule has 2 rings (SSSR count). The quantitative estimate of drug-likeness (QED) is 0.847. The molecule has 1 aromatic carbocycles. The molecule has 0 bridgehead atoms. The van der Waals surface area contributed by atoms with Gasteiger partial charge in [-0.3, -0.25) is 0 Å². The number of piperidine rings is 1. The first-order valence-corrected chi connectivity index (χ1v) is 6.08. The molecule has 1 aliphatic heterocycles. The zero-order chi connectivity index (χ0) is 12.3. The van der Waals surface area contributed by atoms with Gasteiger partial charge in [0.25, 0.3) is 0 Å². The lowest BCUT2D eigenvalue weighted by molar-refractivity contribution is 0.354. The molecule has 4 heteroatoms.